The standard InChI is InChI=1S/C22H30F3NO2/c1-2-21(27)28-18-11-12-20(26-14-15-5-3-4-6-15)19(13-18)16-7-9-17(10-8-16)22(23,24)25/h7-10,15,18-20,26H,2-6,11-14H2,1H3/t18-,19+,20-/m1/s1. The maximum Gasteiger partial charge on any atom is 0.416 e. The van der Waals surface area contributed by atoms with Crippen molar-refractivity contribution in [2.75, 3.05) is 6.54 Å². The summed E-state index contributed by atoms with van der Waals surface area (Å²) in [5, 5.41) is 3.68. The molecule has 2 saturated carbocycles. The Kier molecular flexibility index (Phi) is 7.02. The summed E-state index contributed by atoms with van der Waals surface area (Å²) in [6.45, 7) is 2.73. The Morgan fingerprint density at radius 2 is 1.79 bits per heavy atom. The van der Waals surface area contributed by atoms with E-state index in [0.29, 0.717) is 18.8 Å². The Hall–Kier alpha value is -1.56. The molecule has 1 N–H and O–H groups in total. The van der Waals surface area contributed by atoms with Crippen molar-refractivity contribution in [1.82, 2.24) is 5.32 Å². The number of benzene rings is 1. The van der Waals surface area contributed by atoms with E-state index in [9.17, 15) is 18.0 Å². The number of carbonyl (C=O) groups is 1. The number of halogens is 3. The molecule has 2 fully saturated rings. The first-order chi connectivity index (χ1) is 13.4. The molecular weight excluding hydrogens is 367 g/mol. The molecule has 0 amide bonds. The monoisotopic (exact) mass is 397 g/mol. The molecule has 0 aromatic heterocycles. The van der Waals surface area contributed by atoms with Crippen LogP contribution in [0.3, 0.4) is 0 Å². The van der Waals surface area contributed by atoms with E-state index in [4.69, 9.17) is 4.74 Å². The number of nitrogens with one attached hydrogen (secondary N) is 1. The van der Waals surface area contributed by atoms with Crippen molar-refractivity contribution >= 4 is 5.97 Å². The molecule has 2 aliphatic carbocycles. The van der Waals surface area contributed by atoms with E-state index in [1.807, 2.05) is 0 Å². The summed E-state index contributed by atoms with van der Waals surface area (Å²) in [4.78, 5) is 11.7. The van der Waals surface area contributed by atoms with Gasteiger partial charge in [-0.05, 0) is 62.3 Å². The van der Waals surface area contributed by atoms with Gasteiger partial charge < -0.3 is 10.1 Å². The Labute approximate surface area is 165 Å². The number of hydrogen-bond acceptors (Lipinski definition) is 3. The zero-order valence-corrected chi connectivity index (χ0v) is 16.4. The number of carbonyl (C=O) groups excluding carboxylic acids is 1. The van der Waals surface area contributed by atoms with Crippen LogP contribution < -0.4 is 5.32 Å². The molecule has 0 saturated heterocycles. The fourth-order valence-corrected chi connectivity index (χ4v) is 4.57. The van der Waals surface area contributed by atoms with Crippen molar-refractivity contribution in [2.24, 2.45) is 5.92 Å². The van der Waals surface area contributed by atoms with Gasteiger partial charge in [0.15, 0.2) is 0 Å². The summed E-state index contributed by atoms with van der Waals surface area (Å²) in [5.74, 6) is 0.532. The minimum atomic E-state index is -4.33. The predicted octanol–water partition coefficient (Wildman–Crippen LogP) is 5.44. The van der Waals surface area contributed by atoms with Crippen LogP contribution in [0.4, 0.5) is 13.2 Å². The molecule has 1 aromatic carbocycles. The highest BCUT2D eigenvalue weighted by Crippen LogP contribution is 2.37. The van der Waals surface area contributed by atoms with Gasteiger partial charge in [-0.15, -0.1) is 0 Å². The van der Waals surface area contributed by atoms with Crippen LogP contribution in [-0.4, -0.2) is 24.7 Å². The highest BCUT2D eigenvalue weighted by molar-refractivity contribution is 5.69. The molecule has 3 atom stereocenters. The van der Waals surface area contributed by atoms with E-state index in [1.54, 1.807) is 19.1 Å². The quantitative estimate of drug-likeness (QED) is 0.650. The molecule has 3 rings (SSSR count). The van der Waals surface area contributed by atoms with E-state index in [1.165, 1.54) is 25.7 Å². The van der Waals surface area contributed by atoms with Gasteiger partial charge in [0, 0.05) is 18.4 Å². The van der Waals surface area contributed by atoms with Crippen LogP contribution in [0, 0.1) is 5.92 Å². The third kappa shape index (κ3) is 5.49. The van der Waals surface area contributed by atoms with Crippen LogP contribution in [0.25, 0.3) is 0 Å². The molecule has 0 bridgehead atoms. The normalized spacial score (nSPS) is 26.4. The summed E-state index contributed by atoms with van der Waals surface area (Å²) in [6.07, 6.45) is 3.23. The number of ether oxygens (including phenoxy) is 1. The molecule has 3 nitrogen and oxygen atoms in total. The topological polar surface area (TPSA) is 38.3 Å². The van der Waals surface area contributed by atoms with Crippen molar-refractivity contribution in [3.8, 4) is 0 Å². The molecule has 1 aromatic rings. The lowest BCUT2D eigenvalue weighted by molar-refractivity contribution is -0.150. The minimum absolute atomic E-state index is 0.0482. The molecule has 156 valence electrons. The number of esters is 1. The van der Waals surface area contributed by atoms with Gasteiger partial charge in [-0.1, -0.05) is 31.9 Å². The summed E-state index contributed by atoms with van der Waals surface area (Å²) in [5.41, 5.74) is 0.255. The lowest BCUT2D eigenvalue weighted by Gasteiger charge is -2.37. The van der Waals surface area contributed by atoms with E-state index < -0.39 is 11.7 Å². The van der Waals surface area contributed by atoms with Crippen LogP contribution in [0.1, 0.15) is 75.3 Å². The van der Waals surface area contributed by atoms with Gasteiger partial charge in [0.05, 0.1) is 5.56 Å². The second kappa shape index (κ2) is 9.29. The second-order valence-electron chi connectivity index (χ2n) is 8.17. The van der Waals surface area contributed by atoms with Crippen molar-refractivity contribution in [3.63, 3.8) is 0 Å². The Bertz CT molecular complexity index is 638. The number of hydrogen-bond donors (Lipinski definition) is 1. The highest BCUT2D eigenvalue weighted by atomic mass is 19.4. The third-order valence-corrected chi connectivity index (χ3v) is 6.20. The van der Waals surface area contributed by atoms with Gasteiger partial charge in [-0.25, -0.2) is 0 Å². The Morgan fingerprint density at radius 1 is 1.11 bits per heavy atom. The van der Waals surface area contributed by atoms with Crippen LogP contribution in [0.5, 0.6) is 0 Å². The first kappa shape index (κ1) is 21.2. The molecule has 0 heterocycles. The molecule has 0 aliphatic heterocycles. The van der Waals surface area contributed by atoms with E-state index in [2.05, 4.69) is 5.32 Å². The third-order valence-electron chi connectivity index (χ3n) is 6.20. The van der Waals surface area contributed by atoms with Crippen LogP contribution in [0.2, 0.25) is 0 Å². The van der Waals surface area contributed by atoms with Crippen LogP contribution >= 0.6 is 0 Å². The Balaban J connectivity index is 1.71. The van der Waals surface area contributed by atoms with E-state index >= 15 is 0 Å². The number of rotatable bonds is 6. The lowest BCUT2D eigenvalue weighted by atomic mass is 9.78. The van der Waals surface area contributed by atoms with E-state index in [0.717, 1.165) is 37.1 Å². The van der Waals surface area contributed by atoms with E-state index in [-0.39, 0.29) is 24.0 Å². The highest BCUT2D eigenvalue weighted by Gasteiger charge is 2.35. The zero-order valence-electron chi connectivity index (χ0n) is 16.4. The van der Waals surface area contributed by atoms with Crippen molar-refractivity contribution in [2.45, 2.75) is 82.5 Å². The molecular formula is C22H30F3NO2. The number of alkyl halides is 3. The van der Waals surface area contributed by atoms with Gasteiger partial charge in [0.2, 0.25) is 0 Å². The molecule has 2 aliphatic rings. The van der Waals surface area contributed by atoms with Crippen molar-refractivity contribution in [1.29, 1.82) is 0 Å². The summed E-state index contributed by atoms with van der Waals surface area (Å²) < 4.78 is 44.3. The first-order valence-corrected chi connectivity index (χ1v) is 10.5. The van der Waals surface area contributed by atoms with Gasteiger partial charge >= 0.3 is 12.1 Å². The van der Waals surface area contributed by atoms with Crippen molar-refractivity contribution in [3.05, 3.63) is 35.4 Å². The average Bonchev–Trinajstić information content (AvgIpc) is 3.20. The lowest BCUT2D eigenvalue weighted by Crippen LogP contribution is -2.43. The fraction of sp³-hybridized carbons (Fsp3) is 0.682. The Morgan fingerprint density at radius 3 is 2.39 bits per heavy atom. The maximum absolute atomic E-state index is 12.9. The van der Waals surface area contributed by atoms with Gasteiger partial charge in [-0.2, -0.15) is 13.2 Å². The summed E-state index contributed by atoms with van der Waals surface area (Å²) in [6, 6.07) is 5.69. The first-order valence-electron chi connectivity index (χ1n) is 10.5. The predicted molar refractivity (Wildman–Crippen MR) is 102 cm³/mol. The molecule has 28 heavy (non-hydrogen) atoms. The van der Waals surface area contributed by atoms with Crippen LogP contribution in [-0.2, 0) is 15.7 Å². The van der Waals surface area contributed by atoms with Gasteiger partial charge in [-0.3, -0.25) is 4.79 Å². The summed E-state index contributed by atoms with van der Waals surface area (Å²) >= 11 is 0. The summed E-state index contributed by atoms with van der Waals surface area (Å²) in [7, 11) is 0. The fourth-order valence-electron chi connectivity index (χ4n) is 4.57. The molecule has 0 radical (unpaired) electrons. The molecule has 0 unspecified atom stereocenters. The van der Waals surface area contributed by atoms with Gasteiger partial charge in [0.1, 0.15) is 6.10 Å². The zero-order chi connectivity index (χ0) is 20.1. The van der Waals surface area contributed by atoms with Gasteiger partial charge in [0.25, 0.3) is 0 Å². The minimum Gasteiger partial charge on any atom is -0.462 e. The second-order valence-corrected chi connectivity index (χ2v) is 8.17. The van der Waals surface area contributed by atoms with Crippen molar-refractivity contribution < 1.29 is 22.7 Å². The molecule has 0 spiro atoms. The largest absolute Gasteiger partial charge is 0.462 e. The maximum atomic E-state index is 12.9. The van der Waals surface area contributed by atoms with Crippen LogP contribution in [0.15, 0.2) is 24.3 Å². The smallest absolute Gasteiger partial charge is 0.416 e. The average molecular weight is 397 g/mol. The SMILES string of the molecule is CCC(=O)O[C@@H]1CC[C@@H](NCC2CCCC2)[C@H](c2ccc(C(F)(F)F)cc2)C1. The molecule has 6 heteroatoms.